The van der Waals surface area contributed by atoms with Gasteiger partial charge in [0.15, 0.2) is 0 Å². The van der Waals surface area contributed by atoms with Crippen LogP contribution in [0.15, 0.2) is 42.5 Å². The van der Waals surface area contributed by atoms with Gasteiger partial charge in [0.2, 0.25) is 0 Å². The Morgan fingerprint density at radius 1 is 0.886 bits per heavy atom. The fraction of sp³-hybridized carbons (Fsp3) is 0.600. The molecule has 0 amide bonds. The minimum absolute atomic E-state index is 0. The minimum atomic E-state index is -0.561. The molecular formula is C30H45ClFNO2. The highest BCUT2D eigenvalue weighted by atomic mass is 35.5. The number of hydrogen-bond acceptors (Lipinski definition) is 2. The lowest BCUT2D eigenvalue weighted by atomic mass is 9.80. The van der Waals surface area contributed by atoms with Crippen molar-refractivity contribution in [2.24, 2.45) is 0 Å². The Balaban J connectivity index is 0.00000432. The van der Waals surface area contributed by atoms with Crippen LogP contribution in [-0.2, 0) is 17.4 Å². The summed E-state index contributed by atoms with van der Waals surface area (Å²) < 4.78 is 20.5. The number of benzene rings is 2. The molecule has 2 aromatic rings. The van der Waals surface area contributed by atoms with Gasteiger partial charge in [0.25, 0.3) is 0 Å². The summed E-state index contributed by atoms with van der Waals surface area (Å²) in [5.74, 6) is 0.659. The highest BCUT2D eigenvalue weighted by Crippen LogP contribution is 2.35. The maximum Gasteiger partial charge on any atom is 0.137 e. The van der Waals surface area contributed by atoms with Crippen LogP contribution in [0.25, 0.3) is 0 Å². The molecule has 35 heavy (non-hydrogen) atoms. The van der Waals surface area contributed by atoms with E-state index in [0.717, 1.165) is 48.3 Å². The minimum Gasteiger partial charge on any atom is -1.00 e. The number of hydrogen-bond donors (Lipinski definition) is 1. The summed E-state index contributed by atoms with van der Waals surface area (Å²) in [5, 5.41) is 11.1. The van der Waals surface area contributed by atoms with Gasteiger partial charge in [0.1, 0.15) is 37.4 Å². The zero-order valence-electron chi connectivity index (χ0n) is 22.5. The van der Waals surface area contributed by atoms with Crippen molar-refractivity contribution >= 4 is 0 Å². The molecule has 0 aliphatic carbocycles. The molecule has 0 radical (unpaired) electrons. The van der Waals surface area contributed by atoms with Gasteiger partial charge in [0.05, 0.1) is 13.1 Å². The number of halogens is 2. The van der Waals surface area contributed by atoms with Gasteiger partial charge in [-0.1, -0.05) is 65.8 Å². The predicted octanol–water partition coefficient (Wildman–Crippen LogP) is 3.76. The Morgan fingerprint density at radius 3 is 2.03 bits per heavy atom. The molecule has 1 saturated heterocycles. The van der Waals surface area contributed by atoms with E-state index in [9.17, 15) is 9.50 Å². The van der Waals surface area contributed by atoms with Gasteiger partial charge in [-0.25, -0.2) is 4.39 Å². The third-order valence-electron chi connectivity index (χ3n) is 7.13. The second-order valence-electron chi connectivity index (χ2n) is 12.3. The molecule has 1 aliphatic rings. The van der Waals surface area contributed by atoms with E-state index in [0.29, 0.717) is 6.54 Å². The van der Waals surface area contributed by atoms with Crippen LogP contribution < -0.4 is 17.1 Å². The zero-order chi connectivity index (χ0) is 25.0. The number of rotatable bonds is 7. The van der Waals surface area contributed by atoms with Gasteiger partial charge in [-0.15, -0.1) is 0 Å². The van der Waals surface area contributed by atoms with Gasteiger partial charge in [0, 0.05) is 5.56 Å². The van der Waals surface area contributed by atoms with Crippen molar-refractivity contribution < 1.29 is 31.1 Å². The average Bonchev–Trinajstić information content (AvgIpc) is 2.98. The van der Waals surface area contributed by atoms with Gasteiger partial charge in [-0.2, -0.15) is 0 Å². The van der Waals surface area contributed by atoms with Crippen LogP contribution >= 0.6 is 0 Å². The third-order valence-corrected chi connectivity index (χ3v) is 7.13. The van der Waals surface area contributed by atoms with Crippen molar-refractivity contribution in [3.63, 3.8) is 0 Å². The maximum absolute atomic E-state index is 13.4. The van der Waals surface area contributed by atoms with Crippen LogP contribution in [0.5, 0.6) is 5.75 Å². The Morgan fingerprint density at radius 2 is 1.49 bits per heavy atom. The lowest BCUT2D eigenvalue weighted by Gasteiger charge is -2.39. The molecule has 1 heterocycles. The van der Waals surface area contributed by atoms with E-state index in [-0.39, 0.29) is 35.7 Å². The molecular weight excluding hydrogens is 461 g/mol. The van der Waals surface area contributed by atoms with Gasteiger partial charge in [-0.3, -0.25) is 0 Å². The number of nitrogens with zero attached hydrogens (tertiary/aromatic N) is 1. The van der Waals surface area contributed by atoms with Crippen LogP contribution in [0.4, 0.5) is 4.39 Å². The summed E-state index contributed by atoms with van der Waals surface area (Å²) in [4.78, 5) is 0. The van der Waals surface area contributed by atoms with E-state index in [4.69, 9.17) is 4.74 Å². The van der Waals surface area contributed by atoms with Crippen molar-refractivity contribution in [2.45, 2.75) is 90.7 Å². The Labute approximate surface area is 218 Å². The van der Waals surface area contributed by atoms with E-state index < -0.39 is 6.10 Å². The molecule has 0 saturated carbocycles. The molecule has 3 rings (SSSR count). The molecule has 1 aliphatic heterocycles. The first-order valence-corrected chi connectivity index (χ1v) is 12.9. The first-order valence-electron chi connectivity index (χ1n) is 12.9. The summed E-state index contributed by atoms with van der Waals surface area (Å²) in [6.07, 6.45) is 4.25. The van der Waals surface area contributed by atoms with Crippen LogP contribution in [0.1, 0.15) is 83.9 Å². The van der Waals surface area contributed by atoms with Crippen molar-refractivity contribution in [2.75, 3.05) is 26.2 Å². The topological polar surface area (TPSA) is 29.5 Å². The van der Waals surface area contributed by atoms with Crippen molar-refractivity contribution in [1.29, 1.82) is 0 Å². The molecule has 0 spiro atoms. The second-order valence-corrected chi connectivity index (χ2v) is 12.3. The molecule has 1 atom stereocenters. The first kappa shape index (κ1) is 29.6. The second kappa shape index (κ2) is 12.1. The number of ether oxygens (including phenoxy) is 1. The van der Waals surface area contributed by atoms with Crippen molar-refractivity contribution in [1.82, 2.24) is 0 Å². The smallest absolute Gasteiger partial charge is 0.137 e. The van der Waals surface area contributed by atoms with E-state index in [1.165, 1.54) is 24.0 Å². The maximum atomic E-state index is 13.4. The number of likely N-dealkylation sites (tertiary alicyclic amines) is 1. The molecule has 5 heteroatoms. The van der Waals surface area contributed by atoms with E-state index in [1.54, 1.807) is 12.1 Å². The summed E-state index contributed by atoms with van der Waals surface area (Å²) in [7, 11) is 0. The van der Waals surface area contributed by atoms with Crippen LogP contribution in [0, 0.1) is 5.82 Å². The van der Waals surface area contributed by atoms with E-state index >= 15 is 0 Å². The molecule has 1 N–H and O–H groups in total. The quantitative estimate of drug-likeness (QED) is 0.581. The molecule has 1 unspecified atom stereocenters. The summed E-state index contributed by atoms with van der Waals surface area (Å²) in [6, 6.07) is 13.3. The van der Waals surface area contributed by atoms with Crippen molar-refractivity contribution in [3.8, 4) is 5.75 Å². The Hall–Kier alpha value is -1.62. The molecule has 3 nitrogen and oxygen atoms in total. The van der Waals surface area contributed by atoms with Gasteiger partial charge < -0.3 is 26.7 Å². The highest BCUT2D eigenvalue weighted by Gasteiger charge is 2.32. The number of aliphatic hydroxyl groups excluding tert-OH is 1. The Kier molecular flexibility index (Phi) is 10.2. The SMILES string of the molecule is CC(C)(C)c1ccc(OCC(O)C[N+]2(Cc3ccc(F)cc3)CCCCCC2)c(C(C)(C)C)c1.[Cl-]. The molecule has 2 aromatic carbocycles. The van der Waals surface area contributed by atoms with E-state index in [1.807, 2.05) is 12.1 Å². The van der Waals surface area contributed by atoms with Crippen molar-refractivity contribution in [3.05, 3.63) is 65.0 Å². The fourth-order valence-electron chi connectivity index (χ4n) is 5.14. The largest absolute Gasteiger partial charge is 1.00 e. The fourth-order valence-corrected chi connectivity index (χ4v) is 5.14. The lowest BCUT2D eigenvalue weighted by molar-refractivity contribution is -0.942. The molecule has 0 aromatic heterocycles. The molecule has 1 fully saturated rings. The number of aliphatic hydroxyl groups is 1. The monoisotopic (exact) mass is 505 g/mol. The molecule has 0 bridgehead atoms. The third kappa shape index (κ3) is 8.48. The van der Waals surface area contributed by atoms with Crippen LogP contribution in [-0.4, -0.2) is 41.9 Å². The standard InChI is InChI=1S/C30H45FNO2.ClH/c1-29(2,3)24-13-16-28(27(19-24)30(4,5)6)34-22-26(33)21-32(17-9-7-8-10-18-32)20-23-11-14-25(31)15-12-23;/h11-16,19,26,33H,7-10,17-18,20-22H2,1-6H3;1H/q+1;/p-1. The van der Waals surface area contributed by atoms with Crippen LogP contribution in [0.3, 0.4) is 0 Å². The average molecular weight is 506 g/mol. The Bertz CT molecular complexity index is 923. The summed E-state index contributed by atoms with van der Waals surface area (Å²) in [6.45, 7) is 17.1. The summed E-state index contributed by atoms with van der Waals surface area (Å²) >= 11 is 0. The normalized spacial score (nSPS) is 17.3. The lowest BCUT2D eigenvalue weighted by Crippen LogP contribution is -3.00. The first-order chi connectivity index (χ1) is 15.9. The van der Waals surface area contributed by atoms with Gasteiger partial charge in [-0.05, 0) is 65.8 Å². The highest BCUT2D eigenvalue weighted by molar-refractivity contribution is 5.43. The predicted molar refractivity (Wildman–Crippen MR) is 139 cm³/mol. The van der Waals surface area contributed by atoms with Crippen LogP contribution in [0.2, 0.25) is 0 Å². The number of quaternary nitrogens is 1. The zero-order valence-corrected chi connectivity index (χ0v) is 23.3. The van der Waals surface area contributed by atoms with E-state index in [2.05, 4.69) is 59.7 Å². The van der Waals surface area contributed by atoms with Gasteiger partial charge >= 0.3 is 0 Å². The summed E-state index contributed by atoms with van der Waals surface area (Å²) in [5.41, 5.74) is 3.62. The molecule has 196 valence electrons.